The van der Waals surface area contributed by atoms with Crippen LogP contribution in [0.5, 0.6) is 0 Å². The third kappa shape index (κ3) is 4.18. The van der Waals surface area contributed by atoms with E-state index in [1.165, 1.54) is 0 Å². The van der Waals surface area contributed by atoms with Gasteiger partial charge in [0.2, 0.25) is 15.9 Å². The Labute approximate surface area is 156 Å². The van der Waals surface area contributed by atoms with Crippen molar-refractivity contribution in [2.24, 2.45) is 5.92 Å². The van der Waals surface area contributed by atoms with Gasteiger partial charge in [0.1, 0.15) is 0 Å². The Kier molecular flexibility index (Phi) is 5.82. The van der Waals surface area contributed by atoms with E-state index in [9.17, 15) is 13.2 Å². The van der Waals surface area contributed by atoms with E-state index >= 15 is 0 Å². The number of hydrogen-bond acceptors (Lipinski definition) is 3. The number of carbonyl (C=O) groups is 1. The van der Waals surface area contributed by atoms with Gasteiger partial charge in [-0.3, -0.25) is 4.79 Å². The molecular weight excluding hydrogens is 348 g/mol. The monoisotopic (exact) mass is 376 g/mol. The average molecular weight is 377 g/mol. The van der Waals surface area contributed by atoms with Crippen molar-refractivity contribution < 1.29 is 13.2 Å². The normalized spacial score (nSPS) is 26.8. The van der Waals surface area contributed by atoms with Gasteiger partial charge in [0.05, 0.1) is 4.90 Å². The summed E-state index contributed by atoms with van der Waals surface area (Å²) in [5, 5.41) is 2.86. The minimum absolute atomic E-state index is 0.0163. The number of amides is 1. The largest absolute Gasteiger partial charge is 0.326 e. The fraction of sp³-hybridized carbons (Fsp3) is 0.550. The average Bonchev–Trinajstić information content (AvgIpc) is 3.07. The number of sulfonamides is 1. The van der Waals surface area contributed by atoms with Gasteiger partial charge in [0.25, 0.3) is 0 Å². The van der Waals surface area contributed by atoms with E-state index in [0.29, 0.717) is 18.0 Å². The summed E-state index contributed by atoms with van der Waals surface area (Å²) in [5.41, 5.74) is 0.635. The van der Waals surface area contributed by atoms with Crippen LogP contribution in [-0.4, -0.2) is 30.7 Å². The lowest BCUT2D eigenvalue weighted by Crippen LogP contribution is -2.47. The molecule has 1 saturated heterocycles. The highest BCUT2D eigenvalue weighted by molar-refractivity contribution is 7.89. The number of carbonyl (C=O) groups excluding carboxylic acids is 1. The maximum absolute atomic E-state index is 13.0. The lowest BCUT2D eigenvalue weighted by atomic mass is 10.0. The summed E-state index contributed by atoms with van der Waals surface area (Å²) in [6.45, 7) is 3.94. The minimum atomic E-state index is -3.51. The van der Waals surface area contributed by atoms with Crippen LogP contribution in [0.1, 0.15) is 52.4 Å². The van der Waals surface area contributed by atoms with E-state index in [0.717, 1.165) is 32.1 Å². The fourth-order valence-corrected chi connectivity index (χ4v) is 5.90. The van der Waals surface area contributed by atoms with Crippen LogP contribution >= 0.6 is 0 Å². The number of hydrogen-bond donors (Lipinski definition) is 1. The molecule has 1 aliphatic heterocycles. The molecule has 6 heteroatoms. The molecule has 3 atom stereocenters. The summed E-state index contributed by atoms with van der Waals surface area (Å²) in [5.74, 6) is 0.284. The van der Waals surface area contributed by atoms with Crippen LogP contribution in [-0.2, 0) is 14.8 Å². The zero-order chi connectivity index (χ0) is 18.7. The molecule has 1 aliphatic carbocycles. The topological polar surface area (TPSA) is 66.5 Å². The molecule has 0 saturated carbocycles. The maximum atomic E-state index is 13.0. The van der Waals surface area contributed by atoms with Gasteiger partial charge in [-0.15, -0.1) is 0 Å². The molecule has 1 fully saturated rings. The Morgan fingerprint density at radius 3 is 2.35 bits per heavy atom. The molecule has 142 valence electrons. The van der Waals surface area contributed by atoms with Gasteiger partial charge in [-0.1, -0.05) is 18.6 Å². The number of piperidine rings is 1. The first-order chi connectivity index (χ1) is 12.4. The number of benzene rings is 1. The van der Waals surface area contributed by atoms with Crippen molar-refractivity contribution in [1.29, 1.82) is 0 Å². The Bertz CT molecular complexity index is 761. The van der Waals surface area contributed by atoms with E-state index in [1.807, 2.05) is 13.8 Å². The molecule has 0 bridgehead atoms. The summed E-state index contributed by atoms with van der Waals surface area (Å²) >= 11 is 0. The first-order valence-corrected chi connectivity index (χ1v) is 10.9. The Hall–Kier alpha value is -1.66. The molecule has 1 aromatic rings. The van der Waals surface area contributed by atoms with Crippen LogP contribution < -0.4 is 5.32 Å². The molecule has 0 aromatic heterocycles. The van der Waals surface area contributed by atoms with E-state index in [1.54, 1.807) is 28.6 Å². The van der Waals surface area contributed by atoms with Gasteiger partial charge < -0.3 is 5.32 Å². The van der Waals surface area contributed by atoms with Gasteiger partial charge >= 0.3 is 0 Å². The zero-order valence-corrected chi connectivity index (χ0v) is 16.3. The number of nitrogens with one attached hydrogen (secondary N) is 1. The SMILES string of the molecule is C[C@@H]1CCC[C@H](C)N1S(=O)(=O)c1ccc(NC(=O)C[C@H]2C=CCC2)cc1. The van der Waals surface area contributed by atoms with Crippen LogP contribution in [0.3, 0.4) is 0 Å². The lowest BCUT2D eigenvalue weighted by molar-refractivity contribution is -0.116. The molecule has 2 aliphatic rings. The van der Waals surface area contributed by atoms with Crippen molar-refractivity contribution in [1.82, 2.24) is 4.31 Å². The third-order valence-electron chi connectivity index (χ3n) is 5.39. The summed E-state index contributed by atoms with van der Waals surface area (Å²) < 4.78 is 27.6. The van der Waals surface area contributed by atoms with Crippen molar-refractivity contribution in [3.05, 3.63) is 36.4 Å². The zero-order valence-electron chi connectivity index (χ0n) is 15.5. The van der Waals surface area contributed by atoms with Gasteiger partial charge in [-0.2, -0.15) is 4.31 Å². The molecule has 1 N–H and O–H groups in total. The van der Waals surface area contributed by atoms with Crippen LogP contribution in [0, 0.1) is 5.92 Å². The predicted octanol–water partition coefficient (Wildman–Crippen LogP) is 3.93. The maximum Gasteiger partial charge on any atom is 0.243 e. The van der Waals surface area contributed by atoms with Gasteiger partial charge in [-0.25, -0.2) is 8.42 Å². The summed E-state index contributed by atoms with van der Waals surface area (Å²) in [4.78, 5) is 12.4. The van der Waals surface area contributed by atoms with Crippen LogP contribution in [0.4, 0.5) is 5.69 Å². The van der Waals surface area contributed by atoms with Crippen molar-refractivity contribution >= 4 is 21.6 Å². The molecule has 1 amide bonds. The lowest BCUT2D eigenvalue weighted by Gasteiger charge is -2.37. The van der Waals surface area contributed by atoms with E-state index in [4.69, 9.17) is 0 Å². The van der Waals surface area contributed by atoms with Gasteiger partial charge in [0, 0.05) is 24.2 Å². The quantitative estimate of drug-likeness (QED) is 0.792. The number of nitrogens with zero attached hydrogens (tertiary/aromatic N) is 1. The number of anilines is 1. The highest BCUT2D eigenvalue weighted by Crippen LogP contribution is 2.30. The van der Waals surface area contributed by atoms with Crippen LogP contribution in [0.2, 0.25) is 0 Å². The summed E-state index contributed by atoms with van der Waals surface area (Å²) in [6.07, 6.45) is 9.60. The van der Waals surface area contributed by atoms with Crippen molar-refractivity contribution in [3.63, 3.8) is 0 Å². The molecule has 0 unspecified atom stereocenters. The van der Waals surface area contributed by atoms with Gasteiger partial charge in [0.15, 0.2) is 0 Å². The smallest absolute Gasteiger partial charge is 0.243 e. The molecule has 1 aromatic carbocycles. The second-order valence-electron chi connectivity index (χ2n) is 7.51. The first kappa shape index (κ1) is 19.1. The third-order valence-corrected chi connectivity index (χ3v) is 7.53. The molecule has 26 heavy (non-hydrogen) atoms. The second kappa shape index (κ2) is 7.92. The van der Waals surface area contributed by atoms with Gasteiger partial charge in [-0.05, 0) is 69.7 Å². The molecule has 1 heterocycles. The Balaban J connectivity index is 1.68. The summed E-state index contributed by atoms with van der Waals surface area (Å²) in [6, 6.07) is 6.57. The van der Waals surface area contributed by atoms with Crippen LogP contribution in [0.15, 0.2) is 41.3 Å². The number of allylic oxidation sites excluding steroid dienone is 2. The second-order valence-corrected chi connectivity index (χ2v) is 9.35. The van der Waals surface area contributed by atoms with E-state index in [2.05, 4.69) is 17.5 Å². The Morgan fingerprint density at radius 2 is 1.77 bits per heavy atom. The summed E-state index contributed by atoms with van der Waals surface area (Å²) in [7, 11) is -3.51. The van der Waals surface area contributed by atoms with E-state index in [-0.39, 0.29) is 22.9 Å². The minimum Gasteiger partial charge on any atom is -0.326 e. The first-order valence-electron chi connectivity index (χ1n) is 9.48. The van der Waals surface area contributed by atoms with Crippen LogP contribution in [0.25, 0.3) is 0 Å². The molecule has 0 spiro atoms. The van der Waals surface area contributed by atoms with Crippen molar-refractivity contribution in [2.45, 2.75) is 69.4 Å². The standard InChI is InChI=1S/C20H28N2O3S/c1-15-6-5-7-16(2)22(15)26(24,25)19-12-10-18(11-13-19)21-20(23)14-17-8-3-4-9-17/h3,8,10-13,15-17H,4-7,9,14H2,1-2H3,(H,21,23)/t15-,16+,17-/m0/s1. The molecule has 0 radical (unpaired) electrons. The highest BCUT2D eigenvalue weighted by atomic mass is 32.2. The molecule has 5 nitrogen and oxygen atoms in total. The predicted molar refractivity (Wildman–Crippen MR) is 103 cm³/mol. The molecular formula is C20H28N2O3S. The fourth-order valence-electron chi connectivity index (χ4n) is 4.02. The molecule has 3 rings (SSSR count). The van der Waals surface area contributed by atoms with Crippen molar-refractivity contribution in [3.8, 4) is 0 Å². The van der Waals surface area contributed by atoms with Crippen molar-refractivity contribution in [2.75, 3.05) is 5.32 Å². The Morgan fingerprint density at radius 1 is 1.12 bits per heavy atom. The highest BCUT2D eigenvalue weighted by Gasteiger charge is 2.35. The number of rotatable bonds is 5. The van der Waals surface area contributed by atoms with E-state index < -0.39 is 10.0 Å².